The van der Waals surface area contributed by atoms with Gasteiger partial charge in [-0.1, -0.05) is 49.3 Å². The van der Waals surface area contributed by atoms with Gasteiger partial charge in [-0.15, -0.1) is 0 Å². The number of benzene rings is 2. The first-order valence-electron chi connectivity index (χ1n) is 10.2. The second-order valence-electron chi connectivity index (χ2n) is 8.00. The van der Waals surface area contributed by atoms with Crippen molar-refractivity contribution in [1.82, 2.24) is 20.4 Å². The zero-order chi connectivity index (χ0) is 22.0. The van der Waals surface area contributed by atoms with Crippen molar-refractivity contribution in [2.75, 3.05) is 6.54 Å². The molecule has 2 amide bonds. The maximum Gasteiger partial charge on any atom is 0.296 e. The Bertz CT molecular complexity index is 1070. The van der Waals surface area contributed by atoms with Crippen LogP contribution >= 0.6 is 0 Å². The molecule has 1 aliphatic rings. The van der Waals surface area contributed by atoms with E-state index in [1.165, 1.54) is 29.2 Å². The maximum absolute atomic E-state index is 13.3. The highest BCUT2D eigenvalue weighted by Crippen LogP contribution is 2.26. The molecule has 1 fully saturated rings. The topological polar surface area (TPSA) is 88.3 Å². The summed E-state index contributed by atoms with van der Waals surface area (Å²) in [4.78, 5) is 31.9. The zero-order valence-electron chi connectivity index (χ0n) is 17.3. The number of piperazine rings is 1. The summed E-state index contributed by atoms with van der Waals surface area (Å²) in [5.41, 5.74) is 1.42. The summed E-state index contributed by atoms with van der Waals surface area (Å²) in [5, 5.41) is 6.85. The first-order chi connectivity index (χ1) is 14.9. The molecule has 2 unspecified atom stereocenters. The van der Waals surface area contributed by atoms with Gasteiger partial charge in [0.15, 0.2) is 0 Å². The van der Waals surface area contributed by atoms with Gasteiger partial charge in [0.1, 0.15) is 11.9 Å². The Labute approximate surface area is 179 Å². The Morgan fingerprint density at radius 1 is 1.19 bits per heavy atom. The Kier molecular flexibility index (Phi) is 5.79. The van der Waals surface area contributed by atoms with Gasteiger partial charge < -0.3 is 14.7 Å². The second kappa shape index (κ2) is 8.67. The number of hydrogen-bond acceptors (Lipinski definition) is 5. The SMILES string of the molecule is CC(C)CC1C(=O)NC(c2ccccc2)CN1C(=O)c1noc(-c2ccc(F)cc2)n1. The van der Waals surface area contributed by atoms with Gasteiger partial charge in [0, 0.05) is 12.1 Å². The molecule has 0 spiro atoms. The van der Waals surface area contributed by atoms with E-state index in [1.54, 1.807) is 0 Å². The van der Waals surface area contributed by atoms with E-state index in [0.29, 0.717) is 18.5 Å². The van der Waals surface area contributed by atoms with Crippen LogP contribution in [0, 0.1) is 11.7 Å². The molecule has 0 aliphatic carbocycles. The van der Waals surface area contributed by atoms with Crippen LogP contribution in [0.25, 0.3) is 11.5 Å². The quantitative estimate of drug-likeness (QED) is 0.679. The summed E-state index contributed by atoms with van der Waals surface area (Å²) >= 11 is 0. The first-order valence-corrected chi connectivity index (χ1v) is 10.2. The summed E-state index contributed by atoms with van der Waals surface area (Å²) in [6.45, 7) is 4.30. The smallest absolute Gasteiger partial charge is 0.296 e. The number of carbonyl (C=O) groups is 2. The highest BCUT2D eigenvalue weighted by atomic mass is 19.1. The summed E-state index contributed by atoms with van der Waals surface area (Å²) in [6, 6.07) is 14.1. The number of hydrogen-bond donors (Lipinski definition) is 1. The minimum absolute atomic E-state index is 0.116. The van der Waals surface area contributed by atoms with Crippen molar-refractivity contribution in [3.05, 3.63) is 71.8 Å². The lowest BCUT2D eigenvalue weighted by Crippen LogP contribution is -2.58. The van der Waals surface area contributed by atoms with Crippen molar-refractivity contribution in [3.63, 3.8) is 0 Å². The molecule has 2 heterocycles. The third-order valence-electron chi connectivity index (χ3n) is 5.24. The molecular weight excluding hydrogens is 399 g/mol. The van der Waals surface area contributed by atoms with E-state index in [0.717, 1.165) is 5.56 Å². The molecule has 1 aliphatic heterocycles. The van der Waals surface area contributed by atoms with Crippen LogP contribution in [0.15, 0.2) is 59.1 Å². The van der Waals surface area contributed by atoms with Crippen molar-refractivity contribution in [2.24, 2.45) is 5.92 Å². The number of halogens is 1. The second-order valence-corrected chi connectivity index (χ2v) is 8.00. The Morgan fingerprint density at radius 2 is 1.90 bits per heavy atom. The van der Waals surface area contributed by atoms with Gasteiger partial charge in [0.2, 0.25) is 5.91 Å². The number of nitrogens with zero attached hydrogens (tertiary/aromatic N) is 3. The van der Waals surface area contributed by atoms with Gasteiger partial charge in [-0.2, -0.15) is 4.98 Å². The molecule has 1 aromatic heterocycles. The average molecular weight is 422 g/mol. The molecule has 0 radical (unpaired) electrons. The molecule has 0 saturated carbocycles. The third-order valence-corrected chi connectivity index (χ3v) is 5.24. The fourth-order valence-corrected chi connectivity index (χ4v) is 3.71. The number of nitrogens with one attached hydrogen (secondary N) is 1. The highest BCUT2D eigenvalue weighted by Gasteiger charge is 2.39. The van der Waals surface area contributed by atoms with E-state index < -0.39 is 11.9 Å². The van der Waals surface area contributed by atoms with Crippen LogP contribution in [0.5, 0.6) is 0 Å². The Balaban J connectivity index is 1.62. The van der Waals surface area contributed by atoms with Crippen molar-refractivity contribution in [2.45, 2.75) is 32.4 Å². The molecule has 1 N–H and O–H groups in total. The summed E-state index contributed by atoms with van der Waals surface area (Å²) < 4.78 is 18.4. The summed E-state index contributed by atoms with van der Waals surface area (Å²) in [6.07, 6.45) is 0.516. The van der Waals surface area contributed by atoms with Gasteiger partial charge in [-0.05, 0) is 42.2 Å². The fraction of sp³-hybridized carbons (Fsp3) is 0.304. The number of amides is 2. The monoisotopic (exact) mass is 422 g/mol. The summed E-state index contributed by atoms with van der Waals surface area (Å²) in [7, 11) is 0. The van der Waals surface area contributed by atoms with Gasteiger partial charge in [-0.25, -0.2) is 4.39 Å². The van der Waals surface area contributed by atoms with Crippen LogP contribution in [0.4, 0.5) is 4.39 Å². The lowest BCUT2D eigenvalue weighted by atomic mass is 9.95. The maximum atomic E-state index is 13.3. The molecule has 3 aromatic rings. The Hall–Kier alpha value is -3.55. The normalized spacial score (nSPS) is 18.8. The van der Waals surface area contributed by atoms with Crippen LogP contribution in [0.3, 0.4) is 0 Å². The minimum atomic E-state index is -0.625. The van der Waals surface area contributed by atoms with Gasteiger partial charge in [-0.3, -0.25) is 9.59 Å². The number of carbonyl (C=O) groups excluding carboxylic acids is 2. The number of rotatable bonds is 5. The Morgan fingerprint density at radius 3 is 2.58 bits per heavy atom. The zero-order valence-corrected chi connectivity index (χ0v) is 17.3. The molecule has 2 atom stereocenters. The van der Waals surface area contributed by atoms with Crippen LogP contribution in [-0.4, -0.2) is 39.4 Å². The lowest BCUT2D eigenvalue weighted by molar-refractivity contribution is -0.130. The van der Waals surface area contributed by atoms with E-state index in [2.05, 4.69) is 15.5 Å². The average Bonchev–Trinajstić information content (AvgIpc) is 3.25. The standard InChI is InChI=1S/C23H23FN4O3/c1-14(2)12-19-21(29)25-18(15-6-4-3-5-7-15)13-28(19)23(30)20-26-22(31-27-20)16-8-10-17(24)11-9-16/h3-11,14,18-19H,12-13H2,1-2H3,(H,25,29). The van der Waals surface area contributed by atoms with Crippen molar-refractivity contribution < 1.29 is 18.5 Å². The summed E-state index contributed by atoms with van der Waals surface area (Å²) in [5.74, 6) is -0.871. The third kappa shape index (κ3) is 4.47. The van der Waals surface area contributed by atoms with E-state index in [1.807, 2.05) is 44.2 Å². The van der Waals surface area contributed by atoms with E-state index in [-0.39, 0.29) is 35.4 Å². The predicted octanol–water partition coefficient (Wildman–Crippen LogP) is 3.60. The lowest BCUT2D eigenvalue weighted by Gasteiger charge is -2.39. The molecular formula is C23H23FN4O3. The molecule has 4 rings (SSSR count). The van der Waals surface area contributed by atoms with Crippen LogP contribution in [-0.2, 0) is 4.79 Å². The van der Waals surface area contributed by atoms with Gasteiger partial charge >= 0.3 is 0 Å². The van der Waals surface area contributed by atoms with Crippen molar-refractivity contribution in [3.8, 4) is 11.5 Å². The van der Waals surface area contributed by atoms with Gasteiger partial charge in [0.25, 0.3) is 17.6 Å². The van der Waals surface area contributed by atoms with E-state index >= 15 is 0 Å². The minimum Gasteiger partial charge on any atom is -0.346 e. The molecule has 1 saturated heterocycles. The highest BCUT2D eigenvalue weighted by molar-refractivity contribution is 5.96. The fourth-order valence-electron chi connectivity index (χ4n) is 3.71. The molecule has 2 aromatic carbocycles. The van der Waals surface area contributed by atoms with Crippen LogP contribution < -0.4 is 5.32 Å². The number of aromatic nitrogens is 2. The van der Waals surface area contributed by atoms with E-state index in [9.17, 15) is 14.0 Å². The molecule has 31 heavy (non-hydrogen) atoms. The largest absolute Gasteiger partial charge is 0.346 e. The van der Waals surface area contributed by atoms with Crippen molar-refractivity contribution >= 4 is 11.8 Å². The van der Waals surface area contributed by atoms with E-state index in [4.69, 9.17) is 4.52 Å². The molecule has 0 bridgehead atoms. The molecule has 8 heteroatoms. The predicted molar refractivity (Wildman–Crippen MR) is 111 cm³/mol. The van der Waals surface area contributed by atoms with Crippen LogP contribution in [0.1, 0.15) is 42.5 Å². The van der Waals surface area contributed by atoms with Gasteiger partial charge in [0.05, 0.1) is 6.04 Å². The molecule has 7 nitrogen and oxygen atoms in total. The van der Waals surface area contributed by atoms with Crippen molar-refractivity contribution in [1.29, 1.82) is 0 Å². The van der Waals surface area contributed by atoms with Crippen LogP contribution in [0.2, 0.25) is 0 Å². The first kappa shape index (κ1) is 20.7. The molecule has 160 valence electrons.